The van der Waals surface area contributed by atoms with Crippen molar-refractivity contribution in [1.29, 1.82) is 0 Å². The van der Waals surface area contributed by atoms with Crippen LogP contribution < -0.4 is 16.6 Å². The molecule has 4 N–H and O–H groups in total. The Kier molecular flexibility index (Phi) is 5.26. The maximum Gasteiger partial charge on any atom is 0.253 e. The minimum absolute atomic E-state index is 0.111. The van der Waals surface area contributed by atoms with Gasteiger partial charge in [0.1, 0.15) is 0 Å². The summed E-state index contributed by atoms with van der Waals surface area (Å²) in [6.07, 6.45) is 5.67. The summed E-state index contributed by atoms with van der Waals surface area (Å²) in [6, 6.07) is 5.32. The van der Waals surface area contributed by atoms with Gasteiger partial charge in [0, 0.05) is 11.1 Å². The maximum atomic E-state index is 12.4. The molecule has 1 fully saturated rings. The highest BCUT2D eigenvalue weighted by Crippen LogP contribution is 2.24. The number of benzene rings is 1. The van der Waals surface area contributed by atoms with Crippen molar-refractivity contribution in [3.8, 4) is 0 Å². The predicted octanol–water partition coefficient (Wildman–Crippen LogP) is 3.32. The number of carbonyl (C=O) groups is 1. The minimum atomic E-state index is -0.111. The maximum absolute atomic E-state index is 12.4. The molecule has 1 amide bonds. The SMILES string of the molecule is CC1CCCC(NC(=O)c2cc(Cl)ccc2NN)CC1. The van der Waals surface area contributed by atoms with Gasteiger partial charge in [-0.1, -0.05) is 31.4 Å². The largest absolute Gasteiger partial charge is 0.349 e. The van der Waals surface area contributed by atoms with E-state index < -0.39 is 0 Å². The van der Waals surface area contributed by atoms with E-state index >= 15 is 0 Å². The zero-order valence-electron chi connectivity index (χ0n) is 11.8. The molecule has 0 aromatic heterocycles. The molecule has 1 saturated carbocycles. The number of nitrogens with two attached hydrogens (primary N) is 1. The third-order valence-electron chi connectivity index (χ3n) is 3.97. The van der Waals surface area contributed by atoms with Crippen molar-refractivity contribution in [2.24, 2.45) is 11.8 Å². The molecule has 4 nitrogen and oxygen atoms in total. The third-order valence-corrected chi connectivity index (χ3v) is 4.21. The summed E-state index contributed by atoms with van der Waals surface area (Å²) in [6.45, 7) is 2.28. The van der Waals surface area contributed by atoms with Crippen molar-refractivity contribution >= 4 is 23.2 Å². The average molecular weight is 296 g/mol. The van der Waals surface area contributed by atoms with Crippen molar-refractivity contribution in [2.75, 3.05) is 5.43 Å². The van der Waals surface area contributed by atoms with Crippen LogP contribution in [0.15, 0.2) is 18.2 Å². The molecule has 0 heterocycles. The first-order chi connectivity index (χ1) is 9.60. The van der Waals surface area contributed by atoms with E-state index in [0.717, 1.165) is 18.8 Å². The van der Waals surface area contributed by atoms with Gasteiger partial charge >= 0.3 is 0 Å². The number of nitrogen functional groups attached to an aromatic ring is 1. The van der Waals surface area contributed by atoms with E-state index in [1.165, 1.54) is 19.3 Å². The number of anilines is 1. The van der Waals surface area contributed by atoms with Crippen molar-refractivity contribution in [1.82, 2.24) is 5.32 Å². The van der Waals surface area contributed by atoms with Crippen LogP contribution in [0.4, 0.5) is 5.69 Å². The second-order valence-corrected chi connectivity index (χ2v) is 6.05. The first-order valence-electron chi connectivity index (χ1n) is 7.17. The summed E-state index contributed by atoms with van der Waals surface area (Å²) in [5, 5.41) is 3.64. The van der Waals surface area contributed by atoms with Crippen molar-refractivity contribution in [3.05, 3.63) is 28.8 Å². The molecule has 110 valence electrons. The second kappa shape index (κ2) is 6.95. The normalized spacial score (nSPS) is 22.9. The molecule has 20 heavy (non-hydrogen) atoms. The van der Waals surface area contributed by atoms with Crippen LogP contribution >= 0.6 is 11.6 Å². The molecule has 2 atom stereocenters. The number of rotatable bonds is 3. The molecule has 0 spiro atoms. The third kappa shape index (κ3) is 3.87. The highest BCUT2D eigenvalue weighted by atomic mass is 35.5. The molecule has 1 aromatic carbocycles. The molecule has 0 radical (unpaired) electrons. The van der Waals surface area contributed by atoms with Gasteiger partial charge in [-0.3, -0.25) is 10.6 Å². The molecular formula is C15H22ClN3O. The second-order valence-electron chi connectivity index (χ2n) is 5.62. The van der Waals surface area contributed by atoms with Gasteiger partial charge in [0.15, 0.2) is 0 Å². The Balaban J connectivity index is 2.06. The first-order valence-corrected chi connectivity index (χ1v) is 7.55. The quantitative estimate of drug-likeness (QED) is 0.455. The Labute approximate surface area is 125 Å². The fraction of sp³-hybridized carbons (Fsp3) is 0.533. The van der Waals surface area contributed by atoms with E-state index in [1.54, 1.807) is 18.2 Å². The fourth-order valence-corrected chi connectivity index (χ4v) is 2.90. The molecule has 2 rings (SSSR count). The number of hydrazine groups is 1. The number of hydrogen-bond donors (Lipinski definition) is 3. The summed E-state index contributed by atoms with van der Waals surface area (Å²) >= 11 is 5.96. The Morgan fingerprint density at radius 2 is 2.10 bits per heavy atom. The Bertz CT molecular complexity index is 478. The summed E-state index contributed by atoms with van der Waals surface area (Å²) in [7, 11) is 0. The number of carbonyl (C=O) groups excluding carboxylic acids is 1. The Morgan fingerprint density at radius 3 is 2.85 bits per heavy atom. The van der Waals surface area contributed by atoms with Crippen LogP contribution in [0.1, 0.15) is 49.4 Å². The van der Waals surface area contributed by atoms with E-state index in [2.05, 4.69) is 17.7 Å². The highest BCUT2D eigenvalue weighted by Gasteiger charge is 2.20. The first kappa shape index (κ1) is 15.1. The molecule has 0 aliphatic heterocycles. The lowest BCUT2D eigenvalue weighted by Crippen LogP contribution is -2.35. The molecule has 0 saturated heterocycles. The van der Waals surface area contributed by atoms with Crippen LogP contribution in [0.5, 0.6) is 0 Å². The van der Waals surface area contributed by atoms with Crippen LogP contribution in [-0.2, 0) is 0 Å². The Morgan fingerprint density at radius 1 is 1.30 bits per heavy atom. The van der Waals surface area contributed by atoms with Crippen molar-refractivity contribution in [3.63, 3.8) is 0 Å². The number of hydrogen-bond acceptors (Lipinski definition) is 3. The molecule has 1 aliphatic carbocycles. The van der Waals surface area contributed by atoms with Gasteiger partial charge in [0.25, 0.3) is 5.91 Å². The molecule has 2 unspecified atom stereocenters. The smallest absolute Gasteiger partial charge is 0.253 e. The molecule has 1 aliphatic rings. The van der Waals surface area contributed by atoms with E-state index in [9.17, 15) is 4.79 Å². The van der Waals surface area contributed by atoms with Gasteiger partial charge in [-0.25, -0.2) is 0 Å². The molecular weight excluding hydrogens is 274 g/mol. The zero-order chi connectivity index (χ0) is 14.5. The highest BCUT2D eigenvalue weighted by molar-refractivity contribution is 6.31. The summed E-state index contributed by atoms with van der Waals surface area (Å²) in [5.41, 5.74) is 3.63. The summed E-state index contributed by atoms with van der Waals surface area (Å²) < 4.78 is 0. The Hall–Kier alpha value is -1.26. The van der Waals surface area contributed by atoms with Gasteiger partial charge in [-0.2, -0.15) is 0 Å². The van der Waals surface area contributed by atoms with Gasteiger partial charge in [-0.05, 0) is 43.4 Å². The van der Waals surface area contributed by atoms with Gasteiger partial charge in [-0.15, -0.1) is 0 Å². The van der Waals surface area contributed by atoms with E-state index in [-0.39, 0.29) is 11.9 Å². The van der Waals surface area contributed by atoms with Crippen LogP contribution in [0.2, 0.25) is 5.02 Å². The lowest BCUT2D eigenvalue weighted by molar-refractivity contribution is 0.0934. The van der Waals surface area contributed by atoms with Gasteiger partial charge in [0.2, 0.25) is 0 Å². The van der Waals surface area contributed by atoms with Crippen molar-refractivity contribution in [2.45, 2.75) is 45.1 Å². The zero-order valence-corrected chi connectivity index (χ0v) is 12.5. The van der Waals surface area contributed by atoms with Crippen molar-refractivity contribution < 1.29 is 4.79 Å². The molecule has 0 bridgehead atoms. The average Bonchev–Trinajstić information content (AvgIpc) is 2.63. The molecule has 5 heteroatoms. The fourth-order valence-electron chi connectivity index (χ4n) is 2.72. The van der Waals surface area contributed by atoms with Gasteiger partial charge in [0.05, 0.1) is 11.3 Å². The topological polar surface area (TPSA) is 67.2 Å². The summed E-state index contributed by atoms with van der Waals surface area (Å²) in [4.78, 5) is 12.4. The van der Waals surface area contributed by atoms with E-state index in [0.29, 0.717) is 16.3 Å². The monoisotopic (exact) mass is 295 g/mol. The number of amides is 1. The van der Waals surface area contributed by atoms with E-state index in [4.69, 9.17) is 17.4 Å². The minimum Gasteiger partial charge on any atom is -0.349 e. The van der Waals surface area contributed by atoms with Crippen LogP contribution in [0, 0.1) is 5.92 Å². The predicted molar refractivity (Wildman–Crippen MR) is 82.8 cm³/mol. The van der Waals surface area contributed by atoms with Crippen LogP contribution in [0.25, 0.3) is 0 Å². The lowest BCUT2D eigenvalue weighted by Gasteiger charge is -2.18. The summed E-state index contributed by atoms with van der Waals surface area (Å²) in [5.74, 6) is 6.08. The van der Waals surface area contributed by atoms with E-state index in [1.807, 2.05) is 0 Å². The van der Waals surface area contributed by atoms with Crippen LogP contribution in [-0.4, -0.2) is 11.9 Å². The number of nitrogens with one attached hydrogen (secondary N) is 2. The van der Waals surface area contributed by atoms with Gasteiger partial charge < -0.3 is 10.7 Å². The number of halogens is 1. The van der Waals surface area contributed by atoms with Crippen LogP contribution in [0.3, 0.4) is 0 Å². The standard InChI is InChI=1S/C15H22ClN3O/c1-10-3-2-4-12(7-5-10)18-15(20)13-9-11(16)6-8-14(13)19-17/h6,8-10,12,19H,2-5,7,17H2,1H3,(H,18,20). The molecule has 1 aromatic rings. The lowest BCUT2D eigenvalue weighted by atomic mass is 10.0.